The highest BCUT2D eigenvalue weighted by molar-refractivity contribution is 6.27. The number of rotatable bonds is 5. The van der Waals surface area contributed by atoms with Crippen molar-refractivity contribution in [2.24, 2.45) is 10.9 Å². The van der Waals surface area contributed by atoms with Gasteiger partial charge in [-0.25, -0.2) is 4.98 Å². The molecular weight excluding hydrogens is 509 g/mol. The number of aliphatic imine (C=N–C) groups is 1. The van der Waals surface area contributed by atoms with Gasteiger partial charge < -0.3 is 9.80 Å². The van der Waals surface area contributed by atoms with Gasteiger partial charge in [-0.3, -0.25) is 24.0 Å². The second-order valence-electron chi connectivity index (χ2n) is 10.1. The average Bonchev–Trinajstić information content (AvgIpc) is 3.56. The highest BCUT2D eigenvalue weighted by atomic mass is 19.4. The number of nitrogens with zero attached hydrogens (tertiary/aromatic N) is 6. The second kappa shape index (κ2) is 10.3. The summed E-state index contributed by atoms with van der Waals surface area (Å²) < 4.78 is 41.9. The quantitative estimate of drug-likeness (QED) is 0.492. The van der Waals surface area contributed by atoms with Crippen molar-refractivity contribution >= 4 is 28.7 Å². The van der Waals surface area contributed by atoms with Crippen molar-refractivity contribution in [2.45, 2.75) is 33.4 Å². The molecule has 2 amide bonds. The van der Waals surface area contributed by atoms with Crippen LogP contribution >= 0.6 is 0 Å². The fraction of sp³-hybridized carbons (Fsp3) is 0.393. The minimum Gasteiger partial charge on any atom is -0.339 e. The van der Waals surface area contributed by atoms with Crippen LogP contribution in [0.1, 0.15) is 46.7 Å². The molecule has 1 aromatic carbocycles. The SMILES string of the molecule is Cc1cc(Cc2nccn3c(C4=CCN=C4C(F)(F)F)cnc23)ccc1C(=O)N1CCN(C(=O)C(C)C)CC1. The summed E-state index contributed by atoms with van der Waals surface area (Å²) in [4.78, 5) is 41.5. The molecule has 0 radical (unpaired) electrons. The molecule has 39 heavy (non-hydrogen) atoms. The zero-order valence-electron chi connectivity index (χ0n) is 22.0. The maximum Gasteiger partial charge on any atom is 0.433 e. The molecule has 0 N–H and O–H groups in total. The van der Waals surface area contributed by atoms with Crippen molar-refractivity contribution in [2.75, 3.05) is 32.7 Å². The fourth-order valence-corrected chi connectivity index (χ4v) is 5.11. The molecule has 0 unspecified atom stereocenters. The first-order valence-corrected chi connectivity index (χ1v) is 12.9. The van der Waals surface area contributed by atoms with Gasteiger partial charge in [-0.2, -0.15) is 13.2 Å². The lowest BCUT2D eigenvalue weighted by Crippen LogP contribution is -2.51. The summed E-state index contributed by atoms with van der Waals surface area (Å²) >= 11 is 0. The molecule has 11 heteroatoms. The molecule has 1 fully saturated rings. The summed E-state index contributed by atoms with van der Waals surface area (Å²) in [6.45, 7) is 7.63. The number of benzene rings is 1. The van der Waals surface area contributed by atoms with E-state index < -0.39 is 11.9 Å². The van der Waals surface area contributed by atoms with E-state index in [0.717, 1.165) is 11.1 Å². The molecule has 3 aromatic rings. The Bertz CT molecular complexity index is 1500. The van der Waals surface area contributed by atoms with Crippen molar-refractivity contribution < 1.29 is 22.8 Å². The van der Waals surface area contributed by atoms with Crippen molar-refractivity contribution in [3.63, 3.8) is 0 Å². The zero-order chi connectivity index (χ0) is 27.9. The van der Waals surface area contributed by atoms with Gasteiger partial charge >= 0.3 is 6.18 Å². The molecule has 8 nitrogen and oxygen atoms in total. The number of halogens is 3. The maximum atomic E-state index is 13.4. The fourth-order valence-electron chi connectivity index (χ4n) is 5.11. The lowest BCUT2D eigenvalue weighted by Gasteiger charge is -2.35. The molecule has 1 saturated heterocycles. The van der Waals surface area contributed by atoms with Crippen LogP contribution in [0.4, 0.5) is 13.2 Å². The molecule has 2 aliphatic rings. The third-order valence-corrected chi connectivity index (χ3v) is 7.11. The van der Waals surface area contributed by atoms with Crippen LogP contribution in [0.3, 0.4) is 0 Å². The van der Waals surface area contributed by atoms with E-state index in [-0.39, 0.29) is 29.9 Å². The van der Waals surface area contributed by atoms with Crippen LogP contribution in [-0.2, 0) is 11.2 Å². The first kappa shape index (κ1) is 26.6. The van der Waals surface area contributed by atoms with Gasteiger partial charge in [0.15, 0.2) is 5.65 Å². The number of piperazine rings is 1. The van der Waals surface area contributed by atoms with Crippen LogP contribution in [0, 0.1) is 12.8 Å². The standard InChI is InChI=1S/C28H29F3N6O2/c1-17(2)26(38)35-10-12-36(13-11-35)27(39)20-5-4-19(14-18(20)3)15-22-25-34-16-23(37(25)9-8-32-22)21-6-7-33-24(21)28(29,30)31/h4-6,8-9,14,16-17H,7,10-13,15H2,1-3H3. The molecule has 0 bridgehead atoms. The molecule has 0 atom stereocenters. The summed E-state index contributed by atoms with van der Waals surface area (Å²) in [5.41, 5.74) is 2.83. The minimum absolute atomic E-state index is 0.0141. The lowest BCUT2D eigenvalue weighted by atomic mass is 10.0. The predicted octanol–water partition coefficient (Wildman–Crippen LogP) is 3.97. The Morgan fingerprint density at radius 3 is 2.44 bits per heavy atom. The van der Waals surface area contributed by atoms with Gasteiger partial charge in [-0.05, 0) is 24.1 Å². The highest BCUT2D eigenvalue weighted by Crippen LogP contribution is 2.32. The van der Waals surface area contributed by atoms with Crippen LogP contribution in [0.2, 0.25) is 0 Å². The molecule has 5 rings (SSSR count). The van der Waals surface area contributed by atoms with Crippen molar-refractivity contribution in [1.29, 1.82) is 0 Å². The van der Waals surface area contributed by atoms with E-state index in [0.29, 0.717) is 55.2 Å². The van der Waals surface area contributed by atoms with E-state index in [1.807, 2.05) is 32.9 Å². The van der Waals surface area contributed by atoms with Gasteiger partial charge in [0.25, 0.3) is 5.91 Å². The lowest BCUT2D eigenvalue weighted by molar-refractivity contribution is -0.135. The third kappa shape index (κ3) is 5.17. The number of allylic oxidation sites excluding steroid dienone is 1. The van der Waals surface area contributed by atoms with Crippen LogP contribution in [-0.4, -0.2) is 80.6 Å². The number of hydrogen-bond acceptors (Lipinski definition) is 5. The van der Waals surface area contributed by atoms with Gasteiger partial charge in [0.05, 0.1) is 24.1 Å². The van der Waals surface area contributed by atoms with Crippen molar-refractivity contribution in [1.82, 2.24) is 24.2 Å². The Morgan fingerprint density at radius 1 is 1.05 bits per heavy atom. The molecule has 204 valence electrons. The van der Waals surface area contributed by atoms with Gasteiger partial charge in [0.1, 0.15) is 5.71 Å². The number of fused-ring (bicyclic) bond motifs is 1. The zero-order valence-corrected chi connectivity index (χ0v) is 22.0. The Morgan fingerprint density at radius 2 is 1.77 bits per heavy atom. The van der Waals surface area contributed by atoms with Crippen molar-refractivity contribution in [3.8, 4) is 0 Å². The summed E-state index contributed by atoms with van der Waals surface area (Å²) in [7, 11) is 0. The number of aryl methyl sites for hydroxylation is 1. The summed E-state index contributed by atoms with van der Waals surface area (Å²) in [6, 6.07) is 5.58. The van der Waals surface area contributed by atoms with E-state index in [1.54, 1.807) is 32.7 Å². The molecule has 0 aliphatic carbocycles. The van der Waals surface area contributed by atoms with E-state index in [4.69, 9.17) is 0 Å². The number of amides is 2. The summed E-state index contributed by atoms with van der Waals surface area (Å²) in [6.07, 6.45) is 1.86. The molecular formula is C28H29F3N6O2. The monoisotopic (exact) mass is 538 g/mol. The van der Waals surface area contributed by atoms with Crippen LogP contribution in [0.15, 0.2) is 47.9 Å². The highest BCUT2D eigenvalue weighted by Gasteiger charge is 2.40. The largest absolute Gasteiger partial charge is 0.433 e. The number of carbonyl (C=O) groups is 2. The van der Waals surface area contributed by atoms with Gasteiger partial charge in [0.2, 0.25) is 5.91 Å². The summed E-state index contributed by atoms with van der Waals surface area (Å²) in [5, 5.41) is 0. The predicted molar refractivity (Wildman–Crippen MR) is 141 cm³/mol. The first-order chi connectivity index (χ1) is 18.5. The number of aromatic nitrogens is 3. The van der Waals surface area contributed by atoms with Crippen LogP contribution < -0.4 is 0 Å². The minimum atomic E-state index is -4.54. The van der Waals surface area contributed by atoms with E-state index in [9.17, 15) is 22.8 Å². The van der Waals surface area contributed by atoms with Crippen molar-refractivity contribution in [3.05, 3.63) is 70.9 Å². The van der Waals surface area contributed by atoms with Gasteiger partial charge in [-0.15, -0.1) is 0 Å². The molecule has 0 spiro atoms. The molecule has 2 aliphatic heterocycles. The van der Waals surface area contributed by atoms with Crippen LogP contribution in [0.5, 0.6) is 0 Å². The number of imidazole rings is 1. The normalized spacial score (nSPS) is 16.2. The topological polar surface area (TPSA) is 83.2 Å². The van der Waals surface area contributed by atoms with E-state index in [1.165, 1.54) is 12.3 Å². The second-order valence-corrected chi connectivity index (χ2v) is 10.1. The first-order valence-electron chi connectivity index (χ1n) is 12.9. The van der Waals surface area contributed by atoms with Crippen LogP contribution in [0.25, 0.3) is 11.2 Å². The Labute approximate surface area is 223 Å². The van der Waals surface area contributed by atoms with Gasteiger partial charge in [-0.1, -0.05) is 32.1 Å². The summed E-state index contributed by atoms with van der Waals surface area (Å²) in [5.74, 6) is -0.0347. The average molecular weight is 539 g/mol. The maximum absolute atomic E-state index is 13.4. The Hall–Kier alpha value is -4.02. The van der Waals surface area contributed by atoms with E-state index >= 15 is 0 Å². The number of carbonyl (C=O) groups excluding carboxylic acids is 2. The molecule has 0 saturated carbocycles. The Balaban J connectivity index is 1.32. The molecule has 2 aromatic heterocycles. The smallest absolute Gasteiger partial charge is 0.339 e. The Kier molecular flexibility index (Phi) is 7.00. The molecule has 4 heterocycles. The van der Waals surface area contributed by atoms with Gasteiger partial charge in [0, 0.05) is 62.0 Å². The third-order valence-electron chi connectivity index (χ3n) is 7.11. The number of hydrogen-bond donors (Lipinski definition) is 0. The number of alkyl halides is 3. The van der Waals surface area contributed by atoms with E-state index in [2.05, 4.69) is 15.0 Å².